The van der Waals surface area contributed by atoms with Crippen molar-refractivity contribution in [1.82, 2.24) is 24.5 Å². The molecule has 5 rings (SSSR count). The summed E-state index contributed by atoms with van der Waals surface area (Å²) in [5, 5.41) is 24.2. The van der Waals surface area contributed by atoms with Crippen molar-refractivity contribution in [2.75, 3.05) is 12.3 Å². The summed E-state index contributed by atoms with van der Waals surface area (Å²) in [6.07, 6.45) is 6.42. The molecule has 2 saturated heterocycles. The van der Waals surface area contributed by atoms with Crippen LogP contribution in [0.15, 0.2) is 18.5 Å². The first-order valence-corrected chi connectivity index (χ1v) is 12.3. The zero-order valence-corrected chi connectivity index (χ0v) is 21.0. The Labute approximate surface area is 209 Å². The Bertz CT molecular complexity index is 1360. The van der Waals surface area contributed by atoms with Crippen LogP contribution in [-0.4, -0.2) is 65.1 Å². The van der Waals surface area contributed by atoms with Crippen molar-refractivity contribution in [3.05, 3.63) is 41.0 Å². The Balaban J connectivity index is 1.61. The number of carbonyl (C=O) groups excluding carboxylic acids is 2. The smallest absolute Gasteiger partial charge is 0.248 e. The second-order valence-corrected chi connectivity index (χ2v) is 10.6. The SMILES string of the molecule is CC(=O)c1c(C2CC3CC[C@@H](C2)N3C(=O)CO)nc2c(-c3cnc(C(C)(C)O)c(C)c3)cnn2c1N. The second kappa shape index (κ2) is 8.63. The molecule has 4 N–H and O–H groups in total. The highest BCUT2D eigenvalue weighted by molar-refractivity contribution is 6.00. The molecule has 0 saturated carbocycles. The number of anilines is 1. The molecule has 0 radical (unpaired) electrons. The van der Waals surface area contributed by atoms with Crippen LogP contribution in [0.3, 0.4) is 0 Å². The highest BCUT2D eigenvalue weighted by atomic mass is 16.3. The number of nitrogen functional groups attached to an aromatic ring is 1. The molecule has 5 heterocycles. The summed E-state index contributed by atoms with van der Waals surface area (Å²) in [7, 11) is 0. The Morgan fingerprint density at radius 3 is 2.42 bits per heavy atom. The van der Waals surface area contributed by atoms with E-state index in [-0.39, 0.29) is 35.5 Å². The van der Waals surface area contributed by atoms with Gasteiger partial charge in [-0.2, -0.15) is 9.61 Å². The quantitative estimate of drug-likeness (QED) is 0.460. The summed E-state index contributed by atoms with van der Waals surface area (Å²) in [6, 6.07) is 1.96. The van der Waals surface area contributed by atoms with E-state index in [1.54, 1.807) is 26.2 Å². The van der Waals surface area contributed by atoms with Gasteiger partial charge < -0.3 is 20.8 Å². The van der Waals surface area contributed by atoms with Crippen LogP contribution in [0.1, 0.15) is 79.7 Å². The van der Waals surface area contributed by atoms with E-state index in [1.807, 2.05) is 17.9 Å². The van der Waals surface area contributed by atoms with Gasteiger partial charge in [-0.25, -0.2) is 4.98 Å². The number of aryl methyl sites for hydroxylation is 1. The molecule has 0 spiro atoms. The van der Waals surface area contributed by atoms with E-state index in [0.717, 1.165) is 29.5 Å². The molecule has 3 atom stereocenters. The molecule has 3 aromatic heterocycles. The number of nitrogens with two attached hydrogens (primary N) is 1. The predicted molar refractivity (Wildman–Crippen MR) is 133 cm³/mol. The summed E-state index contributed by atoms with van der Waals surface area (Å²) >= 11 is 0. The third kappa shape index (κ3) is 3.84. The zero-order chi connectivity index (χ0) is 25.9. The Kier molecular flexibility index (Phi) is 5.83. The highest BCUT2D eigenvalue weighted by Gasteiger charge is 2.44. The molecule has 2 fully saturated rings. The molecule has 1 amide bonds. The summed E-state index contributed by atoms with van der Waals surface area (Å²) in [5.41, 5.74) is 9.92. The average molecular weight is 493 g/mol. The number of nitrogens with zero attached hydrogens (tertiary/aromatic N) is 5. The lowest BCUT2D eigenvalue weighted by Crippen LogP contribution is -2.47. The fourth-order valence-electron chi connectivity index (χ4n) is 6.14. The molecule has 10 nitrogen and oxygen atoms in total. The number of pyridine rings is 1. The van der Waals surface area contributed by atoms with Crippen LogP contribution in [0.4, 0.5) is 5.82 Å². The van der Waals surface area contributed by atoms with Crippen LogP contribution in [0, 0.1) is 6.92 Å². The van der Waals surface area contributed by atoms with Crippen LogP contribution >= 0.6 is 0 Å². The van der Waals surface area contributed by atoms with Gasteiger partial charge in [-0.3, -0.25) is 14.6 Å². The molecule has 0 aromatic carbocycles. The second-order valence-electron chi connectivity index (χ2n) is 10.6. The topological polar surface area (TPSA) is 147 Å². The highest BCUT2D eigenvalue weighted by Crippen LogP contribution is 2.44. The lowest BCUT2D eigenvalue weighted by Gasteiger charge is -2.39. The average Bonchev–Trinajstić information content (AvgIpc) is 3.35. The third-order valence-electron chi connectivity index (χ3n) is 7.57. The standard InChI is InChI=1S/C26H32N6O4/c1-13-7-16(10-28-23(13)26(3,4)36)19-11-29-32-24(27)21(14(2)34)22(30-25(19)32)15-8-17-5-6-18(9-15)31(17)20(35)12-33/h7,10-11,15,17-18,33,36H,5-6,8-9,12,27H2,1-4H3/t15?,17-,18?/m0/s1. The summed E-state index contributed by atoms with van der Waals surface area (Å²) in [4.78, 5) is 36.3. The molecule has 2 aliphatic rings. The van der Waals surface area contributed by atoms with E-state index in [1.165, 1.54) is 11.4 Å². The van der Waals surface area contributed by atoms with Gasteiger partial charge in [0.05, 0.1) is 23.1 Å². The summed E-state index contributed by atoms with van der Waals surface area (Å²) in [6.45, 7) is 6.28. The van der Waals surface area contributed by atoms with Gasteiger partial charge in [0.25, 0.3) is 0 Å². The van der Waals surface area contributed by atoms with E-state index in [0.29, 0.717) is 35.4 Å². The number of hydrogen-bond acceptors (Lipinski definition) is 8. The van der Waals surface area contributed by atoms with Crippen molar-refractivity contribution in [1.29, 1.82) is 0 Å². The molecule has 2 aliphatic heterocycles. The number of carbonyl (C=O) groups is 2. The number of hydrogen-bond donors (Lipinski definition) is 3. The number of rotatable bonds is 5. The van der Waals surface area contributed by atoms with E-state index >= 15 is 0 Å². The lowest BCUT2D eigenvalue weighted by molar-refractivity contribution is -0.138. The maximum atomic E-state index is 12.7. The molecule has 190 valence electrons. The van der Waals surface area contributed by atoms with Crippen molar-refractivity contribution in [2.45, 2.75) is 77.0 Å². The predicted octanol–water partition coefficient (Wildman–Crippen LogP) is 2.34. The van der Waals surface area contributed by atoms with Crippen molar-refractivity contribution in [3.8, 4) is 11.1 Å². The molecular weight excluding hydrogens is 460 g/mol. The number of amides is 1. The van der Waals surface area contributed by atoms with Gasteiger partial charge in [-0.15, -0.1) is 0 Å². The maximum Gasteiger partial charge on any atom is 0.248 e. The fraction of sp³-hybridized carbons (Fsp3) is 0.500. The van der Waals surface area contributed by atoms with Crippen LogP contribution in [0.25, 0.3) is 16.8 Å². The number of aliphatic hydroxyl groups excluding tert-OH is 1. The Morgan fingerprint density at radius 1 is 1.19 bits per heavy atom. The van der Waals surface area contributed by atoms with Crippen LogP contribution in [0.2, 0.25) is 0 Å². The first-order valence-electron chi connectivity index (χ1n) is 12.3. The maximum absolute atomic E-state index is 12.7. The number of aliphatic hydroxyl groups is 2. The first-order chi connectivity index (χ1) is 17.0. The van der Waals surface area contributed by atoms with Crippen LogP contribution < -0.4 is 5.73 Å². The van der Waals surface area contributed by atoms with Gasteiger partial charge in [-0.05, 0) is 65.0 Å². The number of ketones is 1. The first kappa shape index (κ1) is 24.3. The molecule has 3 aromatic rings. The normalized spacial score (nSPS) is 21.8. The van der Waals surface area contributed by atoms with Crippen molar-refractivity contribution >= 4 is 23.2 Å². The number of Topliss-reactive ketones (excluding diaryl/α,β-unsaturated/α-hetero) is 1. The number of piperidine rings is 1. The van der Waals surface area contributed by atoms with Gasteiger partial charge in [0.2, 0.25) is 5.91 Å². The van der Waals surface area contributed by atoms with Gasteiger partial charge >= 0.3 is 0 Å². The summed E-state index contributed by atoms with van der Waals surface area (Å²) in [5.74, 6) is -0.224. The largest absolute Gasteiger partial charge is 0.387 e. The van der Waals surface area contributed by atoms with E-state index in [9.17, 15) is 19.8 Å². The third-order valence-corrected chi connectivity index (χ3v) is 7.57. The van der Waals surface area contributed by atoms with E-state index in [2.05, 4.69) is 10.1 Å². The van der Waals surface area contributed by atoms with E-state index < -0.39 is 12.2 Å². The molecule has 36 heavy (non-hydrogen) atoms. The minimum Gasteiger partial charge on any atom is -0.387 e. The minimum atomic E-state index is -1.07. The van der Waals surface area contributed by atoms with Gasteiger partial charge in [-0.1, -0.05) is 0 Å². The monoisotopic (exact) mass is 492 g/mol. The Morgan fingerprint density at radius 2 is 1.86 bits per heavy atom. The zero-order valence-electron chi connectivity index (χ0n) is 21.0. The van der Waals surface area contributed by atoms with Gasteiger partial charge in [0.1, 0.15) is 18.0 Å². The fourth-order valence-corrected chi connectivity index (χ4v) is 6.14. The molecule has 2 bridgehead atoms. The number of fused-ring (bicyclic) bond motifs is 3. The van der Waals surface area contributed by atoms with Gasteiger partial charge in [0, 0.05) is 35.3 Å². The summed E-state index contributed by atoms with van der Waals surface area (Å²) < 4.78 is 1.49. The van der Waals surface area contributed by atoms with Crippen LogP contribution in [0.5, 0.6) is 0 Å². The van der Waals surface area contributed by atoms with Crippen molar-refractivity contribution in [3.63, 3.8) is 0 Å². The lowest BCUT2D eigenvalue weighted by atomic mass is 9.85. The number of aromatic nitrogens is 4. The van der Waals surface area contributed by atoms with Crippen molar-refractivity contribution in [2.24, 2.45) is 0 Å². The van der Waals surface area contributed by atoms with Crippen molar-refractivity contribution < 1.29 is 19.8 Å². The Hall–Kier alpha value is -3.37. The van der Waals surface area contributed by atoms with Crippen LogP contribution in [-0.2, 0) is 10.4 Å². The molecule has 0 aliphatic carbocycles. The van der Waals surface area contributed by atoms with Gasteiger partial charge in [0.15, 0.2) is 11.4 Å². The minimum absolute atomic E-state index is 0.0121. The molecular formula is C26H32N6O4. The molecule has 10 heteroatoms. The molecule has 2 unspecified atom stereocenters. The van der Waals surface area contributed by atoms with E-state index in [4.69, 9.17) is 10.7 Å².